The van der Waals surface area contributed by atoms with E-state index in [0.29, 0.717) is 13.1 Å². The first kappa shape index (κ1) is 21.9. The summed E-state index contributed by atoms with van der Waals surface area (Å²) in [5.74, 6) is -0.0667. The molecule has 1 saturated heterocycles. The minimum atomic E-state index is -3.89. The van der Waals surface area contributed by atoms with Gasteiger partial charge >= 0.3 is 5.69 Å². The first-order valence-corrected chi connectivity index (χ1v) is 10.8. The molecule has 0 spiro atoms. The van der Waals surface area contributed by atoms with E-state index < -0.39 is 25.6 Å². The van der Waals surface area contributed by atoms with E-state index in [1.807, 2.05) is 6.92 Å². The largest absolute Gasteiger partial charge is 0.449 e. The average molecular weight is 456 g/mol. The number of sulfonamides is 1. The fourth-order valence-corrected chi connectivity index (χ4v) is 5.04. The van der Waals surface area contributed by atoms with Crippen LogP contribution in [0.5, 0.6) is 11.5 Å². The molecule has 1 fully saturated rings. The lowest BCUT2D eigenvalue weighted by atomic mass is 10.0. The Morgan fingerprint density at radius 2 is 1.80 bits per heavy atom. The molecule has 2 aromatic rings. The van der Waals surface area contributed by atoms with Crippen molar-refractivity contribution in [2.75, 3.05) is 13.1 Å². The predicted octanol–water partition coefficient (Wildman–Crippen LogP) is 4.37. The van der Waals surface area contributed by atoms with Crippen molar-refractivity contribution in [1.29, 1.82) is 0 Å². The molecule has 2 aromatic carbocycles. The molecule has 3 rings (SSSR count). The molecule has 0 aliphatic carbocycles. The van der Waals surface area contributed by atoms with Crippen LogP contribution in [0.1, 0.15) is 19.8 Å². The molecular weight excluding hydrogens is 438 g/mol. The van der Waals surface area contributed by atoms with Crippen molar-refractivity contribution in [1.82, 2.24) is 4.31 Å². The monoisotopic (exact) mass is 455 g/mol. The van der Waals surface area contributed by atoms with Crippen molar-refractivity contribution in [3.8, 4) is 11.5 Å². The first-order chi connectivity index (χ1) is 14.1. The first-order valence-electron chi connectivity index (χ1n) is 9.00. The van der Waals surface area contributed by atoms with Crippen LogP contribution >= 0.6 is 11.6 Å². The summed E-state index contributed by atoms with van der Waals surface area (Å²) in [5, 5.41) is 22.2. The summed E-state index contributed by atoms with van der Waals surface area (Å²) in [6, 6.07) is 6.77. The number of hydrogen-bond donors (Lipinski definition) is 0. The molecule has 0 bridgehead atoms. The number of hydrogen-bond acceptors (Lipinski definition) is 7. The second kappa shape index (κ2) is 8.54. The minimum Gasteiger partial charge on any atom is -0.449 e. The van der Waals surface area contributed by atoms with Gasteiger partial charge in [-0.1, -0.05) is 18.5 Å². The molecule has 1 atom stereocenters. The van der Waals surface area contributed by atoms with Gasteiger partial charge in [0.25, 0.3) is 5.69 Å². The number of rotatable bonds is 6. The van der Waals surface area contributed by atoms with Gasteiger partial charge in [-0.3, -0.25) is 20.2 Å². The topological polar surface area (TPSA) is 133 Å². The number of nitrogens with zero attached hydrogens (tertiary/aromatic N) is 3. The maximum Gasteiger partial charge on any atom is 0.312 e. The van der Waals surface area contributed by atoms with Crippen molar-refractivity contribution in [3.63, 3.8) is 0 Å². The van der Waals surface area contributed by atoms with Gasteiger partial charge in [0.1, 0.15) is 5.75 Å². The highest BCUT2D eigenvalue weighted by Crippen LogP contribution is 2.38. The van der Waals surface area contributed by atoms with E-state index in [9.17, 15) is 28.6 Å². The molecule has 1 aliphatic heterocycles. The van der Waals surface area contributed by atoms with Crippen molar-refractivity contribution in [2.45, 2.75) is 24.7 Å². The SMILES string of the molecule is CC1CCCN(S(=O)(=O)c2ccc(Oc3ccc([N+](=O)[O-])cc3Cl)c([N+](=O)[O-])c2)C1. The molecule has 0 aromatic heterocycles. The summed E-state index contributed by atoms with van der Waals surface area (Å²) in [5.41, 5.74) is -0.824. The van der Waals surface area contributed by atoms with E-state index in [1.54, 1.807) is 0 Å². The van der Waals surface area contributed by atoms with E-state index >= 15 is 0 Å². The van der Waals surface area contributed by atoms with Crippen LogP contribution in [0.4, 0.5) is 11.4 Å². The number of ether oxygens (including phenoxy) is 1. The van der Waals surface area contributed by atoms with Crippen LogP contribution in [-0.2, 0) is 10.0 Å². The summed E-state index contributed by atoms with van der Waals surface area (Å²) in [6.45, 7) is 2.67. The number of halogens is 1. The molecule has 1 heterocycles. The third-order valence-electron chi connectivity index (χ3n) is 4.73. The highest BCUT2D eigenvalue weighted by Gasteiger charge is 2.31. The number of benzene rings is 2. The van der Waals surface area contributed by atoms with Gasteiger partial charge < -0.3 is 4.74 Å². The van der Waals surface area contributed by atoms with Gasteiger partial charge in [0, 0.05) is 31.3 Å². The zero-order chi connectivity index (χ0) is 22.1. The number of piperidine rings is 1. The number of non-ortho nitro benzene ring substituents is 1. The Balaban J connectivity index is 1.95. The Hall–Kier alpha value is -2.76. The van der Waals surface area contributed by atoms with Gasteiger partial charge in [0.15, 0.2) is 0 Å². The molecule has 1 aliphatic rings. The molecule has 12 heteroatoms. The summed E-state index contributed by atoms with van der Waals surface area (Å²) >= 11 is 5.97. The predicted molar refractivity (Wildman–Crippen MR) is 108 cm³/mol. The van der Waals surface area contributed by atoms with E-state index in [4.69, 9.17) is 16.3 Å². The van der Waals surface area contributed by atoms with Crippen molar-refractivity contribution in [2.24, 2.45) is 5.92 Å². The van der Waals surface area contributed by atoms with Crippen LogP contribution in [-0.4, -0.2) is 35.7 Å². The summed E-state index contributed by atoms with van der Waals surface area (Å²) < 4.78 is 32.6. The molecule has 0 saturated carbocycles. The summed E-state index contributed by atoms with van der Waals surface area (Å²) in [6.07, 6.45) is 1.65. The van der Waals surface area contributed by atoms with Crippen LogP contribution < -0.4 is 4.74 Å². The zero-order valence-corrected chi connectivity index (χ0v) is 17.4. The molecule has 1 unspecified atom stereocenters. The maximum absolute atomic E-state index is 12.9. The van der Waals surface area contributed by atoms with Gasteiger partial charge in [-0.15, -0.1) is 0 Å². The fraction of sp³-hybridized carbons (Fsp3) is 0.333. The van der Waals surface area contributed by atoms with Gasteiger partial charge in [0.05, 0.1) is 19.8 Å². The average Bonchev–Trinajstić information content (AvgIpc) is 2.69. The standard InChI is InChI=1S/C18H18ClN3O7S/c1-12-3-2-8-20(11-12)30(27,28)14-5-7-18(16(10-14)22(25)26)29-17-6-4-13(21(23)24)9-15(17)19/h4-7,9-10,12H,2-3,8,11H2,1H3. The number of nitro groups is 2. The maximum atomic E-state index is 12.9. The summed E-state index contributed by atoms with van der Waals surface area (Å²) in [4.78, 5) is 20.7. The highest BCUT2D eigenvalue weighted by molar-refractivity contribution is 7.89. The fourth-order valence-electron chi connectivity index (χ4n) is 3.20. The van der Waals surface area contributed by atoms with E-state index in [0.717, 1.165) is 31.0 Å². The van der Waals surface area contributed by atoms with Gasteiger partial charge in [0.2, 0.25) is 15.8 Å². The van der Waals surface area contributed by atoms with Crippen LogP contribution in [0.2, 0.25) is 5.02 Å². The van der Waals surface area contributed by atoms with Crippen molar-refractivity contribution in [3.05, 3.63) is 61.6 Å². The lowest BCUT2D eigenvalue weighted by molar-refractivity contribution is -0.385. The van der Waals surface area contributed by atoms with Gasteiger partial charge in [-0.2, -0.15) is 4.31 Å². The Labute approximate surface area is 177 Å². The van der Waals surface area contributed by atoms with Crippen LogP contribution in [0.15, 0.2) is 41.3 Å². The minimum absolute atomic E-state index is 0.0363. The summed E-state index contributed by atoms with van der Waals surface area (Å²) in [7, 11) is -3.89. The lowest BCUT2D eigenvalue weighted by Crippen LogP contribution is -2.39. The van der Waals surface area contributed by atoms with E-state index in [2.05, 4.69) is 0 Å². The molecule has 0 N–H and O–H groups in total. The normalized spacial score (nSPS) is 17.5. The quantitative estimate of drug-likeness (QED) is 0.466. The van der Waals surface area contributed by atoms with Crippen molar-refractivity contribution >= 4 is 33.0 Å². The Morgan fingerprint density at radius 1 is 1.10 bits per heavy atom. The lowest BCUT2D eigenvalue weighted by Gasteiger charge is -2.30. The molecule has 30 heavy (non-hydrogen) atoms. The molecule has 0 radical (unpaired) electrons. The smallest absolute Gasteiger partial charge is 0.312 e. The molecular formula is C18H18ClN3O7S. The van der Waals surface area contributed by atoms with Crippen LogP contribution in [0, 0.1) is 26.1 Å². The van der Waals surface area contributed by atoms with Crippen molar-refractivity contribution < 1.29 is 23.0 Å². The van der Waals surface area contributed by atoms with Gasteiger partial charge in [-0.05, 0) is 37.0 Å². The molecule has 0 amide bonds. The van der Waals surface area contributed by atoms with E-state index in [-0.39, 0.29) is 33.0 Å². The second-order valence-corrected chi connectivity index (χ2v) is 9.32. The van der Waals surface area contributed by atoms with Crippen LogP contribution in [0.3, 0.4) is 0 Å². The second-order valence-electron chi connectivity index (χ2n) is 6.97. The zero-order valence-electron chi connectivity index (χ0n) is 15.9. The Morgan fingerprint density at radius 3 is 2.40 bits per heavy atom. The Bertz CT molecular complexity index is 1110. The highest BCUT2D eigenvalue weighted by atomic mass is 35.5. The number of nitro benzene ring substituents is 2. The van der Waals surface area contributed by atoms with E-state index in [1.165, 1.54) is 22.5 Å². The Kier molecular flexibility index (Phi) is 6.25. The third-order valence-corrected chi connectivity index (χ3v) is 6.89. The third kappa shape index (κ3) is 4.53. The molecule has 160 valence electrons. The molecule has 10 nitrogen and oxygen atoms in total. The van der Waals surface area contributed by atoms with Crippen LogP contribution in [0.25, 0.3) is 0 Å². The van der Waals surface area contributed by atoms with Gasteiger partial charge in [-0.25, -0.2) is 8.42 Å².